The number of amides is 1. The third-order valence-electron chi connectivity index (χ3n) is 5.64. The van der Waals surface area contributed by atoms with Crippen LogP contribution in [0.2, 0.25) is 0 Å². The Morgan fingerprint density at radius 1 is 1.26 bits per heavy atom. The molecule has 0 unspecified atom stereocenters. The standard InChI is InChI=1S/C20H30N4O5S2/c1-3-5-9-17(22-19-16-8-6-7-10-18(16)31(28,29)23-19)20(25)21-15-11-13-24(14-12-15)30(26,27)4-2/h6-8,10,15,17H,3-5,9,11-14H2,1-2H3,(H,21,25)(H,22,23)/t17-/m1/s1. The minimum atomic E-state index is -3.67. The highest BCUT2D eigenvalue weighted by molar-refractivity contribution is 7.90. The molecule has 2 N–H and O–H groups in total. The van der Waals surface area contributed by atoms with E-state index in [1.165, 1.54) is 10.4 Å². The molecule has 0 bridgehead atoms. The molecule has 0 spiro atoms. The molecule has 1 amide bonds. The normalized spacial score (nSPS) is 21.4. The number of carbonyl (C=O) groups is 1. The van der Waals surface area contributed by atoms with Gasteiger partial charge in [-0.2, -0.15) is 0 Å². The van der Waals surface area contributed by atoms with E-state index in [4.69, 9.17) is 0 Å². The first-order valence-corrected chi connectivity index (χ1v) is 13.8. The lowest BCUT2D eigenvalue weighted by Gasteiger charge is -2.31. The van der Waals surface area contributed by atoms with Crippen molar-refractivity contribution in [1.82, 2.24) is 14.3 Å². The fraction of sp³-hybridized carbons (Fsp3) is 0.600. The Hall–Kier alpha value is -1.98. The SMILES string of the molecule is CCCC[C@@H](N=C1NS(=O)(=O)c2ccccc21)C(=O)NC1CCN(S(=O)(=O)CC)CC1. The molecule has 0 aliphatic carbocycles. The first-order valence-electron chi connectivity index (χ1n) is 10.7. The summed E-state index contributed by atoms with van der Waals surface area (Å²) >= 11 is 0. The summed E-state index contributed by atoms with van der Waals surface area (Å²) in [7, 11) is -6.89. The van der Waals surface area contributed by atoms with Crippen molar-refractivity contribution in [3.05, 3.63) is 29.8 Å². The topological polar surface area (TPSA) is 125 Å². The fourth-order valence-electron chi connectivity index (χ4n) is 3.80. The number of nitrogens with zero attached hydrogens (tertiary/aromatic N) is 2. The Morgan fingerprint density at radius 2 is 1.94 bits per heavy atom. The summed E-state index contributed by atoms with van der Waals surface area (Å²) in [4.78, 5) is 17.6. The molecule has 1 fully saturated rings. The molecule has 9 nitrogen and oxygen atoms in total. The second-order valence-corrected chi connectivity index (χ2v) is 11.7. The van der Waals surface area contributed by atoms with Gasteiger partial charge in [0.15, 0.2) is 0 Å². The third kappa shape index (κ3) is 5.45. The van der Waals surface area contributed by atoms with Crippen LogP contribution in [0.4, 0.5) is 0 Å². The summed E-state index contributed by atoms with van der Waals surface area (Å²) < 4.78 is 52.6. The summed E-state index contributed by atoms with van der Waals surface area (Å²) in [5.41, 5.74) is 0.467. The van der Waals surface area contributed by atoms with Gasteiger partial charge in [-0.25, -0.2) is 21.1 Å². The number of aliphatic imine (C=N–C) groups is 1. The number of hydrogen-bond donors (Lipinski definition) is 2. The lowest BCUT2D eigenvalue weighted by molar-refractivity contribution is -0.123. The number of nitrogens with one attached hydrogen (secondary N) is 2. The van der Waals surface area contributed by atoms with Gasteiger partial charge in [-0.15, -0.1) is 0 Å². The van der Waals surface area contributed by atoms with Crippen molar-refractivity contribution in [3.63, 3.8) is 0 Å². The quantitative estimate of drug-likeness (QED) is 0.591. The van der Waals surface area contributed by atoms with Gasteiger partial charge in [-0.1, -0.05) is 31.9 Å². The van der Waals surface area contributed by atoms with E-state index in [0.29, 0.717) is 37.9 Å². The van der Waals surface area contributed by atoms with E-state index in [2.05, 4.69) is 15.0 Å². The number of amidine groups is 1. The van der Waals surface area contributed by atoms with Crippen molar-refractivity contribution in [2.75, 3.05) is 18.8 Å². The number of carbonyl (C=O) groups excluding carboxylic acids is 1. The van der Waals surface area contributed by atoms with Gasteiger partial charge in [-0.05, 0) is 38.3 Å². The molecule has 1 aromatic rings. The zero-order chi connectivity index (χ0) is 22.6. The highest BCUT2D eigenvalue weighted by atomic mass is 32.2. The number of hydrogen-bond acceptors (Lipinski definition) is 6. The van der Waals surface area contributed by atoms with Crippen LogP contribution in [0.1, 0.15) is 51.5 Å². The lowest BCUT2D eigenvalue weighted by atomic mass is 10.0. The predicted molar refractivity (Wildman–Crippen MR) is 119 cm³/mol. The minimum absolute atomic E-state index is 0.0675. The van der Waals surface area contributed by atoms with Crippen molar-refractivity contribution in [2.24, 2.45) is 4.99 Å². The first kappa shape index (κ1) is 23.7. The Labute approximate surface area is 184 Å². The van der Waals surface area contributed by atoms with Gasteiger partial charge in [0.25, 0.3) is 10.0 Å². The summed E-state index contributed by atoms with van der Waals surface area (Å²) in [6.45, 7) is 4.39. The van der Waals surface area contributed by atoms with Crippen LogP contribution in [0, 0.1) is 0 Å². The van der Waals surface area contributed by atoms with Crippen molar-refractivity contribution in [1.29, 1.82) is 0 Å². The number of fused-ring (bicyclic) bond motifs is 1. The molecule has 1 saturated heterocycles. The second-order valence-electron chi connectivity index (χ2n) is 7.82. The summed E-state index contributed by atoms with van der Waals surface area (Å²) in [5.74, 6) is -0.00473. The number of benzene rings is 1. The maximum atomic E-state index is 13.0. The van der Waals surface area contributed by atoms with Crippen molar-refractivity contribution in [3.8, 4) is 0 Å². The summed E-state index contributed by atoms with van der Waals surface area (Å²) in [6.07, 6.45) is 3.23. The van der Waals surface area contributed by atoms with Crippen LogP contribution in [0.25, 0.3) is 0 Å². The summed E-state index contributed by atoms with van der Waals surface area (Å²) in [6, 6.07) is 5.71. The summed E-state index contributed by atoms with van der Waals surface area (Å²) in [5, 5.41) is 2.99. The molecule has 172 valence electrons. The molecule has 2 aliphatic heterocycles. The van der Waals surface area contributed by atoms with E-state index in [-0.39, 0.29) is 28.4 Å². The average molecular weight is 471 g/mol. The number of rotatable bonds is 8. The van der Waals surface area contributed by atoms with Gasteiger partial charge in [0, 0.05) is 24.7 Å². The van der Waals surface area contributed by atoms with Gasteiger partial charge >= 0.3 is 0 Å². The molecular weight excluding hydrogens is 440 g/mol. The fourth-order valence-corrected chi connectivity index (χ4v) is 6.17. The smallest absolute Gasteiger partial charge is 0.263 e. The molecular formula is C20H30N4O5S2. The van der Waals surface area contributed by atoms with Gasteiger partial charge in [-0.3, -0.25) is 14.5 Å². The van der Waals surface area contributed by atoms with Crippen molar-refractivity contribution < 1.29 is 21.6 Å². The zero-order valence-electron chi connectivity index (χ0n) is 17.9. The predicted octanol–water partition coefficient (Wildman–Crippen LogP) is 1.21. The van der Waals surface area contributed by atoms with Crippen molar-refractivity contribution >= 4 is 31.8 Å². The molecule has 0 saturated carbocycles. The Balaban J connectivity index is 1.72. The van der Waals surface area contributed by atoms with Crippen LogP contribution < -0.4 is 10.0 Å². The number of unbranched alkanes of at least 4 members (excludes halogenated alkanes) is 1. The van der Waals surface area contributed by atoms with E-state index in [0.717, 1.165) is 12.8 Å². The van der Waals surface area contributed by atoms with E-state index in [1.807, 2.05) is 6.92 Å². The average Bonchev–Trinajstić information content (AvgIpc) is 3.01. The van der Waals surface area contributed by atoms with Gasteiger partial charge in [0.2, 0.25) is 15.9 Å². The molecule has 3 rings (SSSR count). The van der Waals surface area contributed by atoms with Gasteiger partial charge in [0.1, 0.15) is 11.9 Å². The van der Waals surface area contributed by atoms with E-state index in [1.54, 1.807) is 25.1 Å². The second kappa shape index (κ2) is 9.66. The van der Waals surface area contributed by atoms with Crippen LogP contribution in [-0.2, 0) is 24.8 Å². The Morgan fingerprint density at radius 3 is 2.58 bits per heavy atom. The highest BCUT2D eigenvalue weighted by Gasteiger charge is 2.33. The first-order chi connectivity index (χ1) is 14.7. The molecule has 1 aromatic carbocycles. The minimum Gasteiger partial charge on any atom is -0.351 e. The zero-order valence-corrected chi connectivity index (χ0v) is 19.5. The Kier molecular flexibility index (Phi) is 7.38. The van der Waals surface area contributed by atoms with Crippen LogP contribution in [-0.4, -0.2) is 63.8 Å². The van der Waals surface area contributed by atoms with Crippen LogP contribution >= 0.6 is 0 Å². The van der Waals surface area contributed by atoms with E-state index < -0.39 is 26.1 Å². The van der Waals surface area contributed by atoms with Gasteiger partial charge < -0.3 is 5.32 Å². The van der Waals surface area contributed by atoms with Crippen LogP contribution in [0.3, 0.4) is 0 Å². The highest BCUT2D eigenvalue weighted by Crippen LogP contribution is 2.23. The molecule has 2 aliphatic rings. The molecule has 2 heterocycles. The van der Waals surface area contributed by atoms with Crippen LogP contribution in [0.5, 0.6) is 0 Å². The van der Waals surface area contributed by atoms with E-state index in [9.17, 15) is 21.6 Å². The van der Waals surface area contributed by atoms with Crippen molar-refractivity contribution in [2.45, 2.75) is 62.9 Å². The van der Waals surface area contributed by atoms with Gasteiger partial charge in [0.05, 0.1) is 10.6 Å². The maximum absolute atomic E-state index is 13.0. The van der Waals surface area contributed by atoms with Crippen LogP contribution in [0.15, 0.2) is 34.2 Å². The lowest BCUT2D eigenvalue weighted by Crippen LogP contribution is -2.49. The largest absolute Gasteiger partial charge is 0.351 e. The third-order valence-corrected chi connectivity index (χ3v) is 8.92. The Bertz CT molecular complexity index is 1050. The number of piperidine rings is 1. The van der Waals surface area contributed by atoms with E-state index >= 15 is 0 Å². The molecule has 1 atom stereocenters. The molecule has 31 heavy (non-hydrogen) atoms. The number of sulfonamides is 2. The molecule has 0 radical (unpaired) electrons. The molecule has 11 heteroatoms. The maximum Gasteiger partial charge on any atom is 0.263 e. The molecule has 0 aromatic heterocycles. The monoisotopic (exact) mass is 470 g/mol.